The molecule has 0 aliphatic carbocycles. The molecule has 0 spiro atoms. The molecule has 2 rings (SSSR count). The lowest BCUT2D eigenvalue weighted by Crippen LogP contribution is -2.33. The second-order valence-corrected chi connectivity index (χ2v) is 5.72. The highest BCUT2D eigenvalue weighted by molar-refractivity contribution is 7.14. The fourth-order valence-electron chi connectivity index (χ4n) is 2.02. The van der Waals surface area contributed by atoms with E-state index in [1.165, 1.54) is 23.5 Å². The first kappa shape index (κ1) is 17.1. The maximum Gasteiger partial charge on any atom is 0.240 e. The Bertz CT molecular complexity index is 671. The van der Waals surface area contributed by atoms with Crippen molar-refractivity contribution in [1.29, 1.82) is 0 Å². The Hall–Kier alpha value is -2.31. The van der Waals surface area contributed by atoms with Crippen LogP contribution < -0.4 is 5.32 Å². The van der Waals surface area contributed by atoms with E-state index in [-0.39, 0.29) is 18.3 Å². The van der Waals surface area contributed by atoms with Crippen LogP contribution in [0.15, 0.2) is 55.0 Å². The smallest absolute Gasteiger partial charge is 0.240 e. The van der Waals surface area contributed by atoms with Gasteiger partial charge in [0.15, 0.2) is 5.13 Å². The lowest BCUT2D eigenvalue weighted by Gasteiger charge is -2.17. The van der Waals surface area contributed by atoms with Gasteiger partial charge in [0.25, 0.3) is 0 Å². The number of halogens is 1. The SMILES string of the molecule is C=CCN(CC=C)CC(=O)Nc1nc(-c2ccc(F)cc2)cs1. The minimum absolute atomic E-state index is 0.145. The minimum atomic E-state index is -0.290. The van der Waals surface area contributed by atoms with Gasteiger partial charge in [0.05, 0.1) is 12.2 Å². The third kappa shape index (κ3) is 5.12. The number of thiazole rings is 1. The molecule has 0 radical (unpaired) electrons. The number of carbonyl (C=O) groups is 1. The van der Waals surface area contributed by atoms with Crippen LogP contribution in [0, 0.1) is 5.82 Å². The summed E-state index contributed by atoms with van der Waals surface area (Å²) in [4.78, 5) is 18.3. The number of hydrogen-bond donors (Lipinski definition) is 1. The van der Waals surface area contributed by atoms with Crippen molar-refractivity contribution in [3.05, 3.63) is 60.8 Å². The molecule has 0 bridgehead atoms. The van der Waals surface area contributed by atoms with Crippen LogP contribution in [0.2, 0.25) is 0 Å². The number of nitrogens with one attached hydrogen (secondary N) is 1. The zero-order valence-corrected chi connectivity index (χ0v) is 13.5. The lowest BCUT2D eigenvalue weighted by atomic mass is 10.2. The predicted octanol–water partition coefficient (Wildman–Crippen LogP) is 3.56. The summed E-state index contributed by atoms with van der Waals surface area (Å²) in [6.45, 7) is 8.80. The number of nitrogens with zero attached hydrogens (tertiary/aromatic N) is 2. The van der Waals surface area contributed by atoms with E-state index in [1.54, 1.807) is 24.3 Å². The maximum atomic E-state index is 12.9. The highest BCUT2D eigenvalue weighted by Gasteiger charge is 2.11. The van der Waals surface area contributed by atoms with E-state index in [0.717, 1.165) is 5.56 Å². The second kappa shape index (κ2) is 8.36. The van der Waals surface area contributed by atoms with Crippen molar-refractivity contribution in [3.63, 3.8) is 0 Å². The summed E-state index contributed by atoms with van der Waals surface area (Å²) in [5, 5.41) is 5.12. The second-order valence-electron chi connectivity index (χ2n) is 4.86. The fourth-order valence-corrected chi connectivity index (χ4v) is 2.75. The number of rotatable bonds is 8. The van der Waals surface area contributed by atoms with Gasteiger partial charge >= 0.3 is 0 Å². The lowest BCUT2D eigenvalue weighted by molar-refractivity contribution is -0.117. The average Bonchev–Trinajstić information content (AvgIpc) is 2.96. The van der Waals surface area contributed by atoms with E-state index in [4.69, 9.17) is 0 Å². The Morgan fingerprint density at radius 1 is 1.26 bits per heavy atom. The molecule has 2 aromatic rings. The van der Waals surface area contributed by atoms with Gasteiger partial charge in [-0.05, 0) is 24.3 Å². The van der Waals surface area contributed by atoms with Crippen molar-refractivity contribution in [2.75, 3.05) is 25.0 Å². The van der Waals surface area contributed by atoms with Gasteiger partial charge in [-0.25, -0.2) is 9.37 Å². The van der Waals surface area contributed by atoms with Crippen molar-refractivity contribution in [2.24, 2.45) is 0 Å². The Labute approximate surface area is 139 Å². The molecule has 0 fully saturated rings. The molecule has 23 heavy (non-hydrogen) atoms. The van der Waals surface area contributed by atoms with Crippen molar-refractivity contribution in [2.45, 2.75) is 0 Å². The van der Waals surface area contributed by atoms with Crippen LogP contribution in [-0.2, 0) is 4.79 Å². The number of hydrogen-bond acceptors (Lipinski definition) is 4. The molecular formula is C17H18FN3OS. The highest BCUT2D eigenvalue weighted by atomic mass is 32.1. The highest BCUT2D eigenvalue weighted by Crippen LogP contribution is 2.24. The van der Waals surface area contributed by atoms with Crippen LogP contribution >= 0.6 is 11.3 Å². The Balaban J connectivity index is 1.98. The molecule has 120 valence electrons. The van der Waals surface area contributed by atoms with Crippen molar-refractivity contribution in [3.8, 4) is 11.3 Å². The fraction of sp³-hybridized carbons (Fsp3) is 0.176. The summed E-state index contributed by atoms with van der Waals surface area (Å²) in [5.74, 6) is -0.434. The minimum Gasteiger partial charge on any atom is -0.301 e. The number of aromatic nitrogens is 1. The summed E-state index contributed by atoms with van der Waals surface area (Å²) in [6, 6.07) is 6.09. The van der Waals surface area contributed by atoms with Crippen LogP contribution in [0.4, 0.5) is 9.52 Å². The van der Waals surface area contributed by atoms with Crippen LogP contribution in [0.3, 0.4) is 0 Å². The summed E-state index contributed by atoms with van der Waals surface area (Å²) in [5.41, 5.74) is 1.52. The van der Waals surface area contributed by atoms with Crippen molar-refractivity contribution < 1.29 is 9.18 Å². The van der Waals surface area contributed by atoms with Crippen LogP contribution in [0.1, 0.15) is 0 Å². The molecule has 1 aromatic heterocycles. The maximum absolute atomic E-state index is 12.9. The average molecular weight is 331 g/mol. The molecule has 0 saturated carbocycles. The first-order valence-electron chi connectivity index (χ1n) is 7.08. The van der Waals surface area contributed by atoms with Gasteiger partial charge < -0.3 is 5.32 Å². The zero-order valence-electron chi connectivity index (χ0n) is 12.7. The van der Waals surface area contributed by atoms with Crippen LogP contribution in [-0.4, -0.2) is 35.4 Å². The molecule has 1 aromatic carbocycles. The molecule has 4 nitrogen and oxygen atoms in total. The molecule has 1 heterocycles. The third-order valence-electron chi connectivity index (χ3n) is 3.03. The summed E-state index contributed by atoms with van der Waals surface area (Å²) in [6.07, 6.45) is 3.49. The molecular weight excluding hydrogens is 313 g/mol. The number of benzene rings is 1. The third-order valence-corrected chi connectivity index (χ3v) is 3.79. The van der Waals surface area contributed by atoms with Gasteiger partial charge in [-0.3, -0.25) is 9.69 Å². The largest absolute Gasteiger partial charge is 0.301 e. The molecule has 1 N–H and O–H groups in total. The van der Waals surface area contributed by atoms with E-state index in [9.17, 15) is 9.18 Å². The Kier molecular flexibility index (Phi) is 6.19. The summed E-state index contributed by atoms with van der Waals surface area (Å²) in [7, 11) is 0. The molecule has 0 saturated heterocycles. The monoisotopic (exact) mass is 331 g/mol. The van der Waals surface area contributed by atoms with Gasteiger partial charge in [0.1, 0.15) is 5.82 Å². The Morgan fingerprint density at radius 2 is 1.91 bits per heavy atom. The van der Waals surface area contributed by atoms with Gasteiger partial charge in [0, 0.05) is 24.0 Å². The normalized spacial score (nSPS) is 10.5. The zero-order chi connectivity index (χ0) is 16.7. The number of anilines is 1. The molecule has 0 aliphatic heterocycles. The number of amides is 1. The van der Waals surface area contributed by atoms with Gasteiger partial charge in [-0.2, -0.15) is 0 Å². The van der Waals surface area contributed by atoms with Gasteiger partial charge in [-0.1, -0.05) is 12.2 Å². The standard InChI is InChI=1S/C17H18FN3OS/c1-3-9-21(10-4-2)11-16(22)20-17-19-15(12-23-17)13-5-7-14(18)8-6-13/h3-8,12H,1-2,9-11H2,(H,19,20,22). The van der Waals surface area contributed by atoms with Gasteiger partial charge in [0.2, 0.25) is 5.91 Å². The quantitative estimate of drug-likeness (QED) is 0.752. The van der Waals surface area contributed by atoms with Gasteiger partial charge in [-0.15, -0.1) is 24.5 Å². The van der Waals surface area contributed by atoms with Crippen LogP contribution in [0.5, 0.6) is 0 Å². The molecule has 0 aliphatic rings. The van der Waals surface area contributed by atoms with Crippen LogP contribution in [0.25, 0.3) is 11.3 Å². The molecule has 6 heteroatoms. The van der Waals surface area contributed by atoms with E-state index in [2.05, 4.69) is 23.5 Å². The summed E-state index contributed by atoms with van der Waals surface area (Å²) < 4.78 is 12.9. The Morgan fingerprint density at radius 3 is 2.52 bits per heavy atom. The summed E-state index contributed by atoms with van der Waals surface area (Å²) >= 11 is 1.34. The van der Waals surface area contributed by atoms with Crippen molar-refractivity contribution >= 4 is 22.4 Å². The molecule has 1 amide bonds. The van der Waals surface area contributed by atoms with E-state index in [1.807, 2.05) is 10.3 Å². The first-order valence-corrected chi connectivity index (χ1v) is 7.96. The molecule has 0 unspecified atom stereocenters. The van der Waals surface area contributed by atoms with Crippen molar-refractivity contribution in [1.82, 2.24) is 9.88 Å². The topological polar surface area (TPSA) is 45.2 Å². The van der Waals surface area contributed by atoms with E-state index in [0.29, 0.717) is 23.9 Å². The van der Waals surface area contributed by atoms with E-state index < -0.39 is 0 Å². The predicted molar refractivity (Wildman–Crippen MR) is 93.0 cm³/mol. The van der Waals surface area contributed by atoms with E-state index >= 15 is 0 Å². The number of carbonyl (C=O) groups excluding carboxylic acids is 1. The molecule has 0 atom stereocenters. The first-order chi connectivity index (χ1) is 11.1.